The molecule has 2 aromatic rings. The zero-order valence-corrected chi connectivity index (χ0v) is 13.0. The summed E-state index contributed by atoms with van der Waals surface area (Å²) in [5.74, 6) is 0.0401. The average Bonchev–Trinajstić information content (AvgIpc) is 2.91. The van der Waals surface area contributed by atoms with Gasteiger partial charge in [-0.25, -0.2) is 4.68 Å². The molecule has 0 unspecified atom stereocenters. The van der Waals surface area contributed by atoms with Crippen molar-refractivity contribution in [2.24, 2.45) is 7.05 Å². The Morgan fingerprint density at radius 3 is 2.91 bits per heavy atom. The van der Waals surface area contributed by atoms with Gasteiger partial charge in [-0.05, 0) is 30.2 Å². The second-order valence-electron chi connectivity index (χ2n) is 5.19. The van der Waals surface area contributed by atoms with E-state index in [1.165, 1.54) is 10.9 Å². The zero-order valence-electron chi connectivity index (χ0n) is 12.3. The maximum absolute atomic E-state index is 11.8. The smallest absolute Gasteiger partial charge is 0.287 e. The van der Waals surface area contributed by atoms with Crippen molar-refractivity contribution in [3.05, 3.63) is 45.3 Å². The topological polar surface area (TPSA) is 67.2 Å². The molecule has 0 bridgehead atoms. The molecule has 6 nitrogen and oxygen atoms in total. The number of benzene rings is 1. The van der Waals surface area contributed by atoms with Gasteiger partial charge in [-0.1, -0.05) is 11.6 Å². The summed E-state index contributed by atoms with van der Waals surface area (Å²) in [6.45, 7) is 2.26. The Kier molecular flexibility index (Phi) is 3.62. The fourth-order valence-corrected chi connectivity index (χ4v) is 2.78. The van der Waals surface area contributed by atoms with Crippen molar-refractivity contribution in [2.75, 3.05) is 16.8 Å². The molecule has 3 rings (SSSR count). The van der Waals surface area contributed by atoms with E-state index < -0.39 is 0 Å². The molecule has 0 saturated carbocycles. The minimum Gasteiger partial charge on any atom is -0.353 e. The highest BCUT2D eigenvalue weighted by Gasteiger charge is 2.22. The number of nitrogens with zero attached hydrogens (tertiary/aromatic N) is 3. The Balaban J connectivity index is 1.91. The number of nitrogens with one attached hydrogen (secondary N) is 1. The van der Waals surface area contributed by atoms with Crippen molar-refractivity contribution in [1.29, 1.82) is 0 Å². The molecule has 0 fully saturated rings. The monoisotopic (exact) mass is 318 g/mol. The minimum atomic E-state index is -0.351. The van der Waals surface area contributed by atoms with E-state index in [0.29, 0.717) is 12.2 Å². The highest BCUT2D eigenvalue weighted by molar-refractivity contribution is 6.33. The fourth-order valence-electron chi connectivity index (χ4n) is 2.56. The molecule has 0 saturated heterocycles. The number of carbonyl (C=O) groups is 1. The first kappa shape index (κ1) is 14.6. The van der Waals surface area contributed by atoms with Crippen LogP contribution in [-0.4, -0.2) is 22.2 Å². The van der Waals surface area contributed by atoms with Gasteiger partial charge in [-0.15, -0.1) is 0 Å². The first-order valence-corrected chi connectivity index (χ1v) is 7.25. The maximum atomic E-state index is 11.8. The molecule has 1 aromatic heterocycles. The third kappa shape index (κ3) is 2.46. The predicted molar refractivity (Wildman–Crippen MR) is 85.9 cm³/mol. The standard InChI is InChI=1S/C15H15ClN4O2/c1-9(21)20-6-5-10-7-11(3-4-13(10)20)18-12-8-17-19(2)15(22)14(12)16/h3-4,7-8,18H,5-6H2,1-2H3. The van der Waals surface area contributed by atoms with Gasteiger partial charge in [0, 0.05) is 31.9 Å². The molecule has 1 aromatic carbocycles. The van der Waals surface area contributed by atoms with Crippen molar-refractivity contribution in [2.45, 2.75) is 13.3 Å². The SMILES string of the molecule is CC(=O)N1CCc2cc(Nc3cnn(C)c(=O)c3Cl)ccc21. The van der Waals surface area contributed by atoms with Crippen LogP contribution in [0.25, 0.3) is 0 Å². The molecular formula is C15H15ClN4O2. The number of hydrogen-bond donors (Lipinski definition) is 1. The Labute approximate surface area is 132 Å². The quantitative estimate of drug-likeness (QED) is 0.920. The Hall–Kier alpha value is -2.34. The highest BCUT2D eigenvalue weighted by Crippen LogP contribution is 2.32. The van der Waals surface area contributed by atoms with E-state index in [9.17, 15) is 9.59 Å². The number of amides is 1. The van der Waals surface area contributed by atoms with Crippen LogP contribution in [-0.2, 0) is 18.3 Å². The molecule has 7 heteroatoms. The van der Waals surface area contributed by atoms with E-state index in [0.717, 1.165) is 23.4 Å². The van der Waals surface area contributed by atoms with Crippen LogP contribution in [0.3, 0.4) is 0 Å². The van der Waals surface area contributed by atoms with E-state index in [2.05, 4.69) is 10.4 Å². The van der Waals surface area contributed by atoms with Crippen molar-refractivity contribution in [3.8, 4) is 0 Å². The number of fused-ring (bicyclic) bond motifs is 1. The van der Waals surface area contributed by atoms with E-state index in [1.54, 1.807) is 18.9 Å². The Morgan fingerprint density at radius 1 is 1.41 bits per heavy atom. The lowest BCUT2D eigenvalue weighted by molar-refractivity contribution is -0.116. The summed E-state index contributed by atoms with van der Waals surface area (Å²) in [5, 5.41) is 7.15. The largest absolute Gasteiger partial charge is 0.353 e. The van der Waals surface area contributed by atoms with Gasteiger partial charge in [0.2, 0.25) is 5.91 Å². The predicted octanol–water partition coefficient (Wildman–Crippen LogP) is 2.09. The Bertz CT molecular complexity index is 816. The maximum Gasteiger partial charge on any atom is 0.287 e. The van der Waals surface area contributed by atoms with Crippen molar-refractivity contribution >= 4 is 34.6 Å². The third-order valence-corrected chi connectivity index (χ3v) is 4.08. The third-order valence-electron chi connectivity index (χ3n) is 3.71. The second-order valence-corrected chi connectivity index (χ2v) is 5.57. The van der Waals surface area contributed by atoms with E-state index >= 15 is 0 Å². The molecule has 0 radical (unpaired) electrons. The van der Waals surface area contributed by atoms with Gasteiger partial charge in [0.1, 0.15) is 5.02 Å². The van der Waals surface area contributed by atoms with Gasteiger partial charge < -0.3 is 10.2 Å². The first-order valence-electron chi connectivity index (χ1n) is 6.87. The zero-order chi connectivity index (χ0) is 15.9. The van der Waals surface area contributed by atoms with E-state index in [4.69, 9.17) is 11.6 Å². The molecule has 0 aliphatic carbocycles. The lowest BCUT2D eigenvalue weighted by Crippen LogP contribution is -2.25. The molecule has 0 spiro atoms. The number of hydrogen-bond acceptors (Lipinski definition) is 4. The molecule has 1 N–H and O–H groups in total. The van der Waals surface area contributed by atoms with Crippen LogP contribution in [0.5, 0.6) is 0 Å². The van der Waals surface area contributed by atoms with Crippen molar-refractivity contribution < 1.29 is 4.79 Å². The first-order chi connectivity index (χ1) is 10.5. The second kappa shape index (κ2) is 5.46. The number of aryl methyl sites for hydroxylation is 1. The lowest BCUT2D eigenvalue weighted by atomic mass is 10.1. The average molecular weight is 319 g/mol. The number of carbonyl (C=O) groups excluding carboxylic acids is 1. The van der Waals surface area contributed by atoms with Crippen LogP contribution in [0.2, 0.25) is 5.02 Å². The van der Waals surface area contributed by atoms with Gasteiger partial charge in [0.05, 0.1) is 11.9 Å². The Morgan fingerprint density at radius 2 is 2.18 bits per heavy atom. The molecule has 1 amide bonds. The number of aromatic nitrogens is 2. The molecular weight excluding hydrogens is 304 g/mol. The number of rotatable bonds is 2. The van der Waals surface area contributed by atoms with Gasteiger partial charge in [0.25, 0.3) is 5.56 Å². The van der Waals surface area contributed by atoms with Crippen LogP contribution in [0, 0.1) is 0 Å². The van der Waals surface area contributed by atoms with Crippen LogP contribution < -0.4 is 15.8 Å². The molecule has 1 aliphatic heterocycles. The highest BCUT2D eigenvalue weighted by atomic mass is 35.5. The summed E-state index contributed by atoms with van der Waals surface area (Å²) in [5.41, 5.74) is 2.95. The van der Waals surface area contributed by atoms with Gasteiger partial charge >= 0.3 is 0 Å². The molecule has 0 atom stereocenters. The number of anilines is 3. The molecule has 2 heterocycles. The van der Waals surface area contributed by atoms with E-state index in [-0.39, 0.29) is 16.5 Å². The fraction of sp³-hybridized carbons (Fsp3) is 0.267. The van der Waals surface area contributed by atoms with Gasteiger partial charge in [-0.3, -0.25) is 9.59 Å². The summed E-state index contributed by atoms with van der Waals surface area (Å²) in [4.78, 5) is 25.1. The van der Waals surface area contributed by atoms with Crippen LogP contribution in [0.4, 0.5) is 17.1 Å². The lowest BCUT2D eigenvalue weighted by Gasteiger charge is -2.15. The van der Waals surface area contributed by atoms with Gasteiger partial charge in [-0.2, -0.15) is 5.10 Å². The van der Waals surface area contributed by atoms with Crippen LogP contribution in [0.15, 0.2) is 29.2 Å². The van der Waals surface area contributed by atoms with Crippen molar-refractivity contribution in [3.63, 3.8) is 0 Å². The van der Waals surface area contributed by atoms with Crippen molar-refractivity contribution in [1.82, 2.24) is 9.78 Å². The molecule has 114 valence electrons. The molecule has 1 aliphatic rings. The summed E-state index contributed by atoms with van der Waals surface area (Å²) >= 11 is 6.04. The normalized spacial score (nSPS) is 13.1. The minimum absolute atomic E-state index is 0.0401. The van der Waals surface area contributed by atoms with Crippen LogP contribution in [0.1, 0.15) is 12.5 Å². The summed E-state index contributed by atoms with van der Waals surface area (Å²) < 4.78 is 1.18. The van der Waals surface area contributed by atoms with Gasteiger partial charge in [0.15, 0.2) is 0 Å². The number of halogens is 1. The summed E-state index contributed by atoms with van der Waals surface area (Å²) in [6, 6.07) is 5.72. The summed E-state index contributed by atoms with van der Waals surface area (Å²) in [7, 11) is 1.55. The van der Waals surface area contributed by atoms with E-state index in [1.807, 2.05) is 18.2 Å². The van der Waals surface area contributed by atoms with Crippen LogP contribution >= 0.6 is 11.6 Å². The summed E-state index contributed by atoms with van der Waals surface area (Å²) in [6.07, 6.45) is 2.33. The molecule has 22 heavy (non-hydrogen) atoms.